The van der Waals surface area contributed by atoms with Crippen LogP contribution in [0.1, 0.15) is 38.8 Å². The molecule has 4 nitrogen and oxygen atoms in total. The highest BCUT2D eigenvalue weighted by molar-refractivity contribution is 7.15. The Morgan fingerprint density at radius 1 is 1.40 bits per heavy atom. The van der Waals surface area contributed by atoms with Crippen LogP contribution in [0.2, 0.25) is 0 Å². The van der Waals surface area contributed by atoms with E-state index in [2.05, 4.69) is 40.0 Å². The second kappa shape index (κ2) is 6.14. The third kappa shape index (κ3) is 2.69. The topological polar surface area (TPSA) is 32.6 Å². The molecule has 1 unspecified atom stereocenters. The first kappa shape index (κ1) is 13.9. The van der Waals surface area contributed by atoms with E-state index in [4.69, 9.17) is 4.98 Å². The number of nitrogens with zero attached hydrogens (tertiary/aromatic N) is 3. The molecule has 1 aliphatic rings. The van der Waals surface area contributed by atoms with Crippen molar-refractivity contribution in [3.63, 3.8) is 0 Å². The minimum Gasteiger partial charge on any atom is -0.355 e. The Bertz CT molecular complexity index is 559. The van der Waals surface area contributed by atoms with Crippen molar-refractivity contribution in [2.45, 2.75) is 39.7 Å². The van der Waals surface area contributed by atoms with Crippen LogP contribution in [0.5, 0.6) is 0 Å². The maximum absolute atomic E-state index is 4.88. The number of aromatic nitrogens is 2. The number of hydrogen-bond acceptors (Lipinski definition) is 4. The van der Waals surface area contributed by atoms with E-state index < -0.39 is 0 Å². The van der Waals surface area contributed by atoms with E-state index in [0.29, 0.717) is 0 Å². The summed E-state index contributed by atoms with van der Waals surface area (Å²) in [4.78, 5) is 8.50. The molecular weight excluding hydrogens is 268 g/mol. The van der Waals surface area contributed by atoms with Crippen LogP contribution in [-0.4, -0.2) is 29.0 Å². The molecule has 1 atom stereocenters. The molecule has 0 saturated carbocycles. The molecule has 0 spiro atoms. The van der Waals surface area contributed by atoms with Crippen LogP contribution in [0.25, 0.3) is 4.96 Å². The van der Waals surface area contributed by atoms with E-state index in [1.54, 1.807) is 11.3 Å². The minimum atomic E-state index is 0.848. The van der Waals surface area contributed by atoms with Crippen molar-refractivity contribution in [2.75, 3.05) is 24.5 Å². The van der Waals surface area contributed by atoms with Gasteiger partial charge in [-0.3, -0.25) is 4.40 Å². The Labute approximate surface area is 124 Å². The van der Waals surface area contributed by atoms with E-state index >= 15 is 0 Å². The van der Waals surface area contributed by atoms with Crippen LogP contribution in [0.3, 0.4) is 0 Å². The Morgan fingerprint density at radius 3 is 3.15 bits per heavy atom. The van der Waals surface area contributed by atoms with Gasteiger partial charge < -0.3 is 10.2 Å². The summed E-state index contributed by atoms with van der Waals surface area (Å²) in [7, 11) is 0. The Balaban J connectivity index is 1.90. The molecule has 0 amide bonds. The van der Waals surface area contributed by atoms with Crippen LogP contribution < -0.4 is 10.2 Å². The smallest absolute Gasteiger partial charge is 0.195 e. The summed E-state index contributed by atoms with van der Waals surface area (Å²) >= 11 is 1.72. The summed E-state index contributed by atoms with van der Waals surface area (Å²) in [6, 6.07) is 0. The molecule has 2 aromatic heterocycles. The Hall–Kier alpha value is -1.07. The molecule has 5 heteroatoms. The summed E-state index contributed by atoms with van der Waals surface area (Å²) < 4.78 is 2.25. The predicted octanol–water partition coefficient (Wildman–Crippen LogP) is 3.13. The lowest BCUT2D eigenvalue weighted by Crippen LogP contribution is -2.27. The fourth-order valence-electron chi connectivity index (χ4n) is 2.96. The molecule has 0 aliphatic carbocycles. The van der Waals surface area contributed by atoms with E-state index in [-0.39, 0.29) is 0 Å². The molecule has 2 aromatic rings. The van der Waals surface area contributed by atoms with Gasteiger partial charge in [-0.1, -0.05) is 13.8 Å². The van der Waals surface area contributed by atoms with Crippen molar-refractivity contribution in [3.8, 4) is 0 Å². The van der Waals surface area contributed by atoms with Gasteiger partial charge in [-0.05, 0) is 31.7 Å². The lowest BCUT2D eigenvalue weighted by atomic mass is 10.0. The van der Waals surface area contributed by atoms with E-state index in [1.165, 1.54) is 30.8 Å². The van der Waals surface area contributed by atoms with Crippen LogP contribution in [0, 0.1) is 5.92 Å². The van der Waals surface area contributed by atoms with E-state index in [0.717, 1.165) is 37.1 Å². The number of nitrogens with one attached hydrogen (secondary N) is 1. The largest absolute Gasteiger partial charge is 0.355 e. The van der Waals surface area contributed by atoms with E-state index in [9.17, 15) is 0 Å². The van der Waals surface area contributed by atoms with Gasteiger partial charge in [0.05, 0.1) is 5.69 Å². The first-order valence-electron chi connectivity index (χ1n) is 7.69. The molecule has 0 radical (unpaired) electrons. The average Bonchev–Trinajstić information content (AvgIpc) is 2.95. The highest BCUT2D eigenvalue weighted by atomic mass is 32.1. The predicted molar refractivity (Wildman–Crippen MR) is 85.7 cm³/mol. The Kier molecular flexibility index (Phi) is 4.27. The summed E-state index contributed by atoms with van der Waals surface area (Å²) in [6.45, 7) is 8.71. The Morgan fingerprint density at radius 2 is 2.30 bits per heavy atom. The fourth-order valence-corrected chi connectivity index (χ4v) is 3.68. The molecule has 20 heavy (non-hydrogen) atoms. The lowest BCUT2D eigenvalue weighted by Gasteiger charge is -2.21. The molecule has 1 fully saturated rings. The standard InChI is InChI=1S/C15H24N4S/c1-3-16-11-13-14(17-15-19(13)9-10-20-15)18-7-4-5-12(2)6-8-18/h9-10,12,16H,3-8,11H2,1-2H3. The average molecular weight is 292 g/mol. The fraction of sp³-hybridized carbons (Fsp3) is 0.667. The summed E-state index contributed by atoms with van der Waals surface area (Å²) in [5.74, 6) is 2.05. The number of rotatable bonds is 4. The van der Waals surface area contributed by atoms with Gasteiger partial charge in [-0.25, -0.2) is 4.98 Å². The summed E-state index contributed by atoms with van der Waals surface area (Å²) in [5.41, 5.74) is 1.32. The van der Waals surface area contributed by atoms with E-state index in [1.807, 2.05) is 0 Å². The maximum Gasteiger partial charge on any atom is 0.195 e. The van der Waals surface area contributed by atoms with Crippen LogP contribution in [-0.2, 0) is 6.54 Å². The lowest BCUT2D eigenvalue weighted by molar-refractivity contribution is 0.521. The van der Waals surface area contributed by atoms with Crippen molar-refractivity contribution in [2.24, 2.45) is 5.92 Å². The highest BCUT2D eigenvalue weighted by Crippen LogP contribution is 2.27. The number of anilines is 1. The van der Waals surface area contributed by atoms with Gasteiger partial charge in [0.1, 0.15) is 0 Å². The second-order valence-electron chi connectivity index (χ2n) is 5.74. The normalized spacial score (nSPS) is 20.5. The third-order valence-electron chi connectivity index (χ3n) is 4.20. The number of imidazole rings is 1. The quantitative estimate of drug-likeness (QED) is 0.939. The van der Waals surface area contributed by atoms with Gasteiger partial charge in [0.2, 0.25) is 0 Å². The highest BCUT2D eigenvalue weighted by Gasteiger charge is 2.21. The number of hydrogen-bond donors (Lipinski definition) is 1. The molecule has 0 bridgehead atoms. The van der Waals surface area contributed by atoms with Gasteiger partial charge >= 0.3 is 0 Å². The molecule has 0 aromatic carbocycles. The molecule has 1 aliphatic heterocycles. The minimum absolute atomic E-state index is 0.848. The zero-order chi connectivity index (χ0) is 13.9. The van der Waals surface area contributed by atoms with Crippen LogP contribution in [0.4, 0.5) is 5.82 Å². The molecule has 3 rings (SSSR count). The molecule has 1 saturated heterocycles. The SMILES string of the molecule is CCNCc1c(N2CCCC(C)CC2)nc2sccn12. The first-order chi connectivity index (χ1) is 9.79. The zero-order valence-corrected chi connectivity index (χ0v) is 13.2. The summed E-state index contributed by atoms with van der Waals surface area (Å²) in [6.07, 6.45) is 6.06. The van der Waals surface area contributed by atoms with Crippen LogP contribution in [0.15, 0.2) is 11.6 Å². The summed E-state index contributed by atoms with van der Waals surface area (Å²) in [5, 5.41) is 5.57. The number of thiazole rings is 1. The van der Waals surface area contributed by atoms with Crippen LogP contribution >= 0.6 is 11.3 Å². The first-order valence-corrected chi connectivity index (χ1v) is 8.57. The van der Waals surface area contributed by atoms with Gasteiger partial charge in [0, 0.05) is 31.2 Å². The van der Waals surface area contributed by atoms with Gasteiger partial charge in [-0.15, -0.1) is 11.3 Å². The molecule has 110 valence electrons. The van der Waals surface area contributed by atoms with Crippen molar-refractivity contribution in [1.29, 1.82) is 0 Å². The van der Waals surface area contributed by atoms with Crippen molar-refractivity contribution in [1.82, 2.24) is 14.7 Å². The van der Waals surface area contributed by atoms with Crippen molar-refractivity contribution in [3.05, 3.63) is 17.3 Å². The maximum atomic E-state index is 4.88. The number of fused-ring (bicyclic) bond motifs is 1. The second-order valence-corrected chi connectivity index (χ2v) is 6.61. The molecule has 3 heterocycles. The molecular formula is C15H24N4S. The van der Waals surface area contributed by atoms with Crippen molar-refractivity contribution < 1.29 is 0 Å². The van der Waals surface area contributed by atoms with Gasteiger partial charge in [0.15, 0.2) is 10.8 Å². The van der Waals surface area contributed by atoms with Gasteiger partial charge in [0.25, 0.3) is 0 Å². The van der Waals surface area contributed by atoms with Crippen molar-refractivity contribution >= 4 is 22.1 Å². The molecule has 1 N–H and O–H groups in total. The zero-order valence-electron chi connectivity index (χ0n) is 12.4. The third-order valence-corrected chi connectivity index (χ3v) is 4.96. The monoisotopic (exact) mass is 292 g/mol. The van der Waals surface area contributed by atoms with Gasteiger partial charge in [-0.2, -0.15) is 0 Å².